The standard InChI is InChI=1S/C19H13Cl2N3O3S/c20-16-2-1-3-17(21)18(16)23-19(25)22-12-4-8-14(9-5-12)28-15-10-6-13(7-11-15)24(26)27/h1-11H,(H2,22,23,25). The van der Waals surface area contributed by atoms with Crippen molar-refractivity contribution in [2.45, 2.75) is 9.79 Å². The Morgan fingerprint density at radius 3 is 1.93 bits per heavy atom. The van der Waals surface area contributed by atoms with Crippen LogP contribution in [0, 0.1) is 10.1 Å². The zero-order valence-electron chi connectivity index (χ0n) is 14.2. The number of nitrogens with one attached hydrogen (secondary N) is 2. The first-order valence-electron chi connectivity index (χ1n) is 7.97. The SMILES string of the molecule is O=C(Nc1ccc(Sc2ccc([N+](=O)[O-])cc2)cc1)Nc1c(Cl)cccc1Cl. The number of halogens is 2. The number of hydrogen-bond acceptors (Lipinski definition) is 4. The van der Waals surface area contributed by atoms with Crippen LogP contribution in [-0.2, 0) is 0 Å². The quantitative estimate of drug-likeness (QED) is 0.346. The number of amides is 2. The zero-order valence-corrected chi connectivity index (χ0v) is 16.5. The van der Waals surface area contributed by atoms with Gasteiger partial charge in [0, 0.05) is 27.6 Å². The van der Waals surface area contributed by atoms with Crippen molar-refractivity contribution in [3.05, 3.63) is 86.9 Å². The fourth-order valence-corrected chi connectivity index (χ4v) is 3.58. The summed E-state index contributed by atoms with van der Waals surface area (Å²) in [6.45, 7) is 0. The van der Waals surface area contributed by atoms with Gasteiger partial charge in [0.1, 0.15) is 0 Å². The summed E-state index contributed by atoms with van der Waals surface area (Å²) in [4.78, 5) is 24.2. The summed E-state index contributed by atoms with van der Waals surface area (Å²) in [7, 11) is 0. The number of rotatable bonds is 5. The van der Waals surface area contributed by atoms with E-state index in [1.807, 2.05) is 12.1 Å². The average molecular weight is 434 g/mol. The maximum Gasteiger partial charge on any atom is 0.323 e. The second-order valence-electron chi connectivity index (χ2n) is 5.55. The van der Waals surface area contributed by atoms with Gasteiger partial charge in [-0.1, -0.05) is 41.0 Å². The maximum atomic E-state index is 12.1. The molecule has 0 aliphatic rings. The Labute approximate surface area is 175 Å². The third kappa shape index (κ3) is 5.16. The van der Waals surface area contributed by atoms with Crippen LogP contribution in [0.1, 0.15) is 0 Å². The van der Waals surface area contributed by atoms with Crippen molar-refractivity contribution in [3.63, 3.8) is 0 Å². The smallest absolute Gasteiger partial charge is 0.308 e. The normalized spacial score (nSPS) is 10.4. The van der Waals surface area contributed by atoms with Gasteiger partial charge in [-0.15, -0.1) is 0 Å². The summed E-state index contributed by atoms with van der Waals surface area (Å²) in [6, 6.07) is 18.0. The number of nitrogens with zero attached hydrogens (tertiary/aromatic N) is 1. The third-order valence-electron chi connectivity index (χ3n) is 3.60. The van der Waals surface area contributed by atoms with Crippen LogP contribution >= 0.6 is 35.0 Å². The van der Waals surface area contributed by atoms with E-state index >= 15 is 0 Å². The van der Waals surface area contributed by atoms with Crippen LogP contribution in [0.3, 0.4) is 0 Å². The number of anilines is 2. The lowest BCUT2D eigenvalue weighted by molar-refractivity contribution is -0.384. The van der Waals surface area contributed by atoms with Crippen molar-refractivity contribution < 1.29 is 9.72 Å². The van der Waals surface area contributed by atoms with Gasteiger partial charge in [0.15, 0.2) is 0 Å². The third-order valence-corrected chi connectivity index (χ3v) is 5.24. The minimum absolute atomic E-state index is 0.0496. The topological polar surface area (TPSA) is 84.3 Å². The van der Waals surface area contributed by atoms with Gasteiger partial charge in [0.25, 0.3) is 5.69 Å². The molecule has 28 heavy (non-hydrogen) atoms. The van der Waals surface area contributed by atoms with E-state index < -0.39 is 11.0 Å². The largest absolute Gasteiger partial charge is 0.323 e. The molecule has 3 rings (SSSR count). The molecule has 0 aliphatic carbocycles. The molecule has 6 nitrogen and oxygen atoms in total. The monoisotopic (exact) mass is 433 g/mol. The van der Waals surface area contributed by atoms with Crippen molar-refractivity contribution in [2.24, 2.45) is 0 Å². The number of para-hydroxylation sites is 1. The highest BCUT2D eigenvalue weighted by Gasteiger charge is 2.10. The Hall–Kier alpha value is -2.74. The van der Waals surface area contributed by atoms with Gasteiger partial charge >= 0.3 is 6.03 Å². The first-order chi connectivity index (χ1) is 13.4. The van der Waals surface area contributed by atoms with E-state index in [2.05, 4.69) is 10.6 Å². The zero-order chi connectivity index (χ0) is 20.1. The molecule has 0 saturated heterocycles. The molecule has 0 radical (unpaired) electrons. The maximum absolute atomic E-state index is 12.1. The highest BCUT2D eigenvalue weighted by atomic mass is 35.5. The van der Waals surface area contributed by atoms with Crippen molar-refractivity contribution >= 4 is 58.1 Å². The van der Waals surface area contributed by atoms with Crippen LogP contribution in [0.2, 0.25) is 10.0 Å². The van der Waals surface area contributed by atoms with E-state index in [4.69, 9.17) is 23.2 Å². The molecular weight excluding hydrogens is 421 g/mol. The van der Waals surface area contributed by atoms with Gasteiger partial charge in [-0.25, -0.2) is 4.79 Å². The molecule has 9 heteroatoms. The van der Waals surface area contributed by atoms with Crippen LogP contribution in [0.4, 0.5) is 21.9 Å². The molecule has 0 atom stereocenters. The second-order valence-corrected chi connectivity index (χ2v) is 7.51. The molecule has 3 aromatic carbocycles. The number of nitro benzene ring substituents is 1. The first-order valence-corrected chi connectivity index (χ1v) is 9.54. The highest BCUT2D eigenvalue weighted by Crippen LogP contribution is 2.31. The van der Waals surface area contributed by atoms with Gasteiger partial charge in [-0.2, -0.15) is 0 Å². The molecule has 0 aromatic heterocycles. The number of carbonyl (C=O) groups excluding carboxylic acids is 1. The lowest BCUT2D eigenvalue weighted by Crippen LogP contribution is -2.19. The molecule has 0 aliphatic heterocycles. The second kappa shape index (κ2) is 8.97. The molecular formula is C19H13Cl2N3O3S. The fourth-order valence-electron chi connectivity index (χ4n) is 2.27. The predicted octanol–water partition coefficient (Wildman–Crippen LogP) is 6.70. The van der Waals surface area contributed by atoms with Crippen molar-refractivity contribution in [1.82, 2.24) is 0 Å². The van der Waals surface area contributed by atoms with Crippen LogP contribution < -0.4 is 10.6 Å². The van der Waals surface area contributed by atoms with Gasteiger partial charge in [0.2, 0.25) is 0 Å². The molecule has 0 spiro atoms. The number of hydrogen-bond donors (Lipinski definition) is 2. The summed E-state index contributed by atoms with van der Waals surface area (Å²) < 4.78 is 0. The molecule has 0 unspecified atom stereocenters. The minimum Gasteiger partial charge on any atom is -0.308 e. The van der Waals surface area contributed by atoms with Crippen LogP contribution in [0.15, 0.2) is 76.5 Å². The molecule has 2 amide bonds. The van der Waals surface area contributed by atoms with Crippen LogP contribution in [-0.4, -0.2) is 11.0 Å². The van der Waals surface area contributed by atoms with Gasteiger partial charge in [-0.05, 0) is 48.5 Å². The lowest BCUT2D eigenvalue weighted by atomic mass is 10.3. The molecule has 142 valence electrons. The molecule has 0 heterocycles. The number of nitro groups is 1. The van der Waals surface area contributed by atoms with Gasteiger partial charge in [0.05, 0.1) is 20.7 Å². The summed E-state index contributed by atoms with van der Waals surface area (Å²) in [5.74, 6) is 0. The summed E-state index contributed by atoms with van der Waals surface area (Å²) in [5.41, 5.74) is 0.982. The Balaban J connectivity index is 1.61. The summed E-state index contributed by atoms with van der Waals surface area (Å²) >= 11 is 13.5. The molecule has 0 bridgehead atoms. The molecule has 0 saturated carbocycles. The number of non-ortho nitro benzene ring substituents is 1. The highest BCUT2D eigenvalue weighted by molar-refractivity contribution is 7.99. The molecule has 2 N–H and O–H groups in total. The van der Waals surface area contributed by atoms with E-state index in [0.29, 0.717) is 21.4 Å². The number of benzene rings is 3. The molecule has 3 aromatic rings. The van der Waals surface area contributed by atoms with Crippen LogP contribution in [0.25, 0.3) is 0 Å². The van der Waals surface area contributed by atoms with Crippen molar-refractivity contribution in [1.29, 1.82) is 0 Å². The van der Waals surface area contributed by atoms with E-state index in [0.717, 1.165) is 9.79 Å². The lowest BCUT2D eigenvalue weighted by Gasteiger charge is -2.11. The minimum atomic E-state index is -0.467. The van der Waals surface area contributed by atoms with Gasteiger partial charge in [-0.3, -0.25) is 10.1 Å². The van der Waals surface area contributed by atoms with Crippen LogP contribution in [0.5, 0.6) is 0 Å². The average Bonchev–Trinajstić information content (AvgIpc) is 2.67. The number of carbonyl (C=O) groups is 1. The van der Waals surface area contributed by atoms with Crippen molar-refractivity contribution in [3.8, 4) is 0 Å². The Morgan fingerprint density at radius 1 is 0.857 bits per heavy atom. The Morgan fingerprint density at radius 2 is 1.39 bits per heavy atom. The first kappa shape index (κ1) is 20.0. The van der Waals surface area contributed by atoms with Crippen molar-refractivity contribution in [2.75, 3.05) is 10.6 Å². The summed E-state index contributed by atoms with van der Waals surface area (Å²) in [5, 5.41) is 16.7. The predicted molar refractivity (Wildman–Crippen MR) is 113 cm³/mol. The van der Waals surface area contributed by atoms with E-state index in [9.17, 15) is 14.9 Å². The fraction of sp³-hybridized carbons (Fsp3) is 0. The van der Waals surface area contributed by atoms with E-state index in [-0.39, 0.29) is 5.69 Å². The number of urea groups is 1. The Bertz CT molecular complexity index is 992. The molecule has 0 fully saturated rings. The van der Waals surface area contributed by atoms with E-state index in [1.165, 1.54) is 23.9 Å². The van der Waals surface area contributed by atoms with Gasteiger partial charge < -0.3 is 10.6 Å². The Kier molecular flexibility index (Phi) is 6.41. The summed E-state index contributed by atoms with van der Waals surface area (Å²) in [6.07, 6.45) is 0. The van der Waals surface area contributed by atoms with E-state index in [1.54, 1.807) is 42.5 Å².